The minimum Gasteiger partial charge on any atom is -0.373 e. The molecule has 4 rings (SSSR count). The molecule has 0 amide bonds. The Hall–Kier alpha value is -1.82. The minimum atomic E-state index is 0.166. The largest absolute Gasteiger partial charge is 0.373 e. The molecule has 0 aromatic carbocycles. The maximum atomic E-state index is 6.15. The number of ether oxygens (including phenoxy) is 2. The number of hydrogen-bond acceptors (Lipinski definition) is 5. The maximum Gasteiger partial charge on any atom is 0.0992 e. The molecule has 24 heavy (non-hydrogen) atoms. The zero-order valence-electron chi connectivity index (χ0n) is 13.8. The Morgan fingerprint density at radius 1 is 1.17 bits per heavy atom. The molecule has 2 aliphatic rings. The third kappa shape index (κ3) is 3.48. The van der Waals surface area contributed by atoms with E-state index >= 15 is 0 Å². The van der Waals surface area contributed by atoms with Crippen molar-refractivity contribution in [1.29, 1.82) is 0 Å². The summed E-state index contributed by atoms with van der Waals surface area (Å²) in [6.45, 7) is 3.22. The van der Waals surface area contributed by atoms with Crippen molar-refractivity contribution in [3.8, 4) is 0 Å². The molecule has 2 aromatic rings. The summed E-state index contributed by atoms with van der Waals surface area (Å²) >= 11 is 0. The number of nitrogens with zero attached hydrogens (tertiary/aromatic N) is 3. The molecule has 2 fully saturated rings. The molecule has 0 unspecified atom stereocenters. The monoisotopic (exact) mass is 325 g/mol. The number of pyridine rings is 2. The number of rotatable bonds is 5. The highest BCUT2D eigenvalue weighted by atomic mass is 16.5. The van der Waals surface area contributed by atoms with E-state index in [1.54, 1.807) is 6.20 Å². The minimum absolute atomic E-state index is 0.166. The third-order valence-corrected chi connectivity index (χ3v) is 4.93. The second kappa shape index (κ2) is 7.38. The molecule has 5 heteroatoms. The van der Waals surface area contributed by atoms with Crippen LogP contribution in [0.5, 0.6) is 0 Å². The SMILES string of the molecule is c1ccc(CN2CCO[C@H]3[C@H](OCc4cccnc4)CC[C@@H]32)nc1. The Kier molecular flexibility index (Phi) is 4.83. The normalized spacial score (nSPS) is 27.1. The van der Waals surface area contributed by atoms with E-state index in [1.807, 2.05) is 24.5 Å². The second-order valence-corrected chi connectivity index (χ2v) is 6.48. The first kappa shape index (κ1) is 15.7. The van der Waals surface area contributed by atoms with Crippen LogP contribution in [0.4, 0.5) is 0 Å². The van der Waals surface area contributed by atoms with E-state index in [9.17, 15) is 0 Å². The van der Waals surface area contributed by atoms with Gasteiger partial charge in [-0.3, -0.25) is 14.9 Å². The Morgan fingerprint density at radius 3 is 3.00 bits per heavy atom. The summed E-state index contributed by atoms with van der Waals surface area (Å²) in [6.07, 6.45) is 8.02. The van der Waals surface area contributed by atoms with Crippen LogP contribution in [-0.4, -0.2) is 46.3 Å². The number of morpholine rings is 1. The molecule has 1 aliphatic heterocycles. The van der Waals surface area contributed by atoms with E-state index in [1.165, 1.54) is 0 Å². The topological polar surface area (TPSA) is 47.5 Å². The van der Waals surface area contributed by atoms with Gasteiger partial charge >= 0.3 is 0 Å². The highest BCUT2D eigenvalue weighted by Gasteiger charge is 2.43. The average molecular weight is 325 g/mol. The summed E-state index contributed by atoms with van der Waals surface area (Å²) in [7, 11) is 0. The highest BCUT2D eigenvalue weighted by molar-refractivity contribution is 5.08. The lowest BCUT2D eigenvalue weighted by Crippen LogP contribution is -2.51. The van der Waals surface area contributed by atoms with Gasteiger partial charge in [-0.15, -0.1) is 0 Å². The highest BCUT2D eigenvalue weighted by Crippen LogP contribution is 2.33. The van der Waals surface area contributed by atoms with Crippen molar-refractivity contribution < 1.29 is 9.47 Å². The van der Waals surface area contributed by atoms with E-state index in [-0.39, 0.29) is 12.2 Å². The Balaban J connectivity index is 1.37. The lowest BCUT2D eigenvalue weighted by molar-refractivity contribution is -0.118. The van der Waals surface area contributed by atoms with E-state index in [4.69, 9.17) is 9.47 Å². The van der Waals surface area contributed by atoms with Gasteiger partial charge in [0.05, 0.1) is 31.1 Å². The lowest BCUT2D eigenvalue weighted by Gasteiger charge is -2.38. The fraction of sp³-hybridized carbons (Fsp3) is 0.474. The zero-order chi connectivity index (χ0) is 16.2. The molecular weight excluding hydrogens is 302 g/mol. The molecule has 3 heterocycles. The molecular formula is C19H23N3O2. The van der Waals surface area contributed by atoms with Crippen LogP contribution in [0.15, 0.2) is 48.9 Å². The van der Waals surface area contributed by atoms with Gasteiger partial charge < -0.3 is 9.47 Å². The molecule has 5 nitrogen and oxygen atoms in total. The van der Waals surface area contributed by atoms with Crippen molar-refractivity contribution in [1.82, 2.24) is 14.9 Å². The van der Waals surface area contributed by atoms with Crippen LogP contribution < -0.4 is 0 Å². The van der Waals surface area contributed by atoms with E-state index in [2.05, 4.69) is 33.1 Å². The van der Waals surface area contributed by atoms with Crippen molar-refractivity contribution in [2.24, 2.45) is 0 Å². The molecule has 2 aromatic heterocycles. The Bertz CT molecular complexity index is 638. The maximum absolute atomic E-state index is 6.15. The van der Waals surface area contributed by atoms with E-state index in [0.717, 1.165) is 43.8 Å². The Morgan fingerprint density at radius 2 is 2.17 bits per heavy atom. The van der Waals surface area contributed by atoms with Crippen molar-refractivity contribution in [3.63, 3.8) is 0 Å². The second-order valence-electron chi connectivity index (χ2n) is 6.48. The van der Waals surface area contributed by atoms with Crippen molar-refractivity contribution >= 4 is 0 Å². The van der Waals surface area contributed by atoms with Crippen LogP contribution in [0, 0.1) is 0 Å². The van der Waals surface area contributed by atoms with Crippen molar-refractivity contribution in [2.45, 2.75) is 44.2 Å². The lowest BCUT2D eigenvalue weighted by atomic mass is 10.1. The summed E-state index contributed by atoms with van der Waals surface area (Å²) in [4.78, 5) is 11.1. The summed E-state index contributed by atoms with van der Waals surface area (Å²) in [5.41, 5.74) is 2.24. The summed E-state index contributed by atoms with van der Waals surface area (Å²) in [6, 6.07) is 10.5. The van der Waals surface area contributed by atoms with Gasteiger partial charge in [-0.2, -0.15) is 0 Å². The standard InChI is InChI=1S/C19H23N3O2/c1-2-9-21-16(5-1)13-22-10-11-23-19-17(22)6-7-18(19)24-14-15-4-3-8-20-12-15/h1-5,8-9,12,17-19H,6-7,10-11,13-14H2/t17-,18+,19+/m0/s1. The van der Waals surface area contributed by atoms with Crippen LogP contribution >= 0.6 is 0 Å². The van der Waals surface area contributed by atoms with Gasteiger partial charge in [-0.25, -0.2) is 0 Å². The van der Waals surface area contributed by atoms with E-state index < -0.39 is 0 Å². The van der Waals surface area contributed by atoms with Crippen LogP contribution in [-0.2, 0) is 22.6 Å². The summed E-state index contributed by atoms with van der Waals surface area (Å²) < 4.78 is 12.2. The van der Waals surface area contributed by atoms with Crippen LogP contribution in [0.1, 0.15) is 24.1 Å². The van der Waals surface area contributed by atoms with Crippen molar-refractivity contribution in [3.05, 3.63) is 60.2 Å². The first-order chi connectivity index (χ1) is 11.9. The Labute approximate surface area is 142 Å². The van der Waals surface area contributed by atoms with Crippen LogP contribution in [0.3, 0.4) is 0 Å². The molecule has 0 spiro atoms. The molecule has 0 radical (unpaired) electrons. The third-order valence-electron chi connectivity index (χ3n) is 4.93. The van der Waals surface area contributed by atoms with Gasteiger partial charge in [0.1, 0.15) is 0 Å². The number of fused-ring (bicyclic) bond motifs is 1. The smallest absolute Gasteiger partial charge is 0.0992 e. The van der Waals surface area contributed by atoms with Crippen molar-refractivity contribution in [2.75, 3.05) is 13.2 Å². The molecule has 0 N–H and O–H groups in total. The van der Waals surface area contributed by atoms with Gasteiger partial charge in [0.2, 0.25) is 0 Å². The van der Waals surface area contributed by atoms with Gasteiger partial charge in [-0.1, -0.05) is 12.1 Å². The van der Waals surface area contributed by atoms with Crippen LogP contribution in [0.2, 0.25) is 0 Å². The molecule has 0 bridgehead atoms. The molecule has 1 saturated heterocycles. The number of aromatic nitrogens is 2. The number of hydrogen-bond donors (Lipinski definition) is 0. The van der Waals surface area contributed by atoms with Gasteiger partial charge in [0, 0.05) is 37.7 Å². The summed E-state index contributed by atoms with van der Waals surface area (Å²) in [5, 5.41) is 0. The zero-order valence-corrected chi connectivity index (χ0v) is 13.8. The predicted octanol–water partition coefficient (Wildman–Crippen LogP) is 2.43. The average Bonchev–Trinajstić information content (AvgIpc) is 3.06. The molecule has 1 saturated carbocycles. The fourth-order valence-electron chi connectivity index (χ4n) is 3.75. The first-order valence-electron chi connectivity index (χ1n) is 8.66. The fourth-order valence-corrected chi connectivity index (χ4v) is 3.75. The quantitative estimate of drug-likeness (QED) is 0.845. The summed E-state index contributed by atoms with van der Waals surface area (Å²) in [5.74, 6) is 0. The predicted molar refractivity (Wildman–Crippen MR) is 90.2 cm³/mol. The van der Waals surface area contributed by atoms with Gasteiger partial charge in [-0.05, 0) is 36.6 Å². The molecule has 3 atom stereocenters. The van der Waals surface area contributed by atoms with E-state index in [0.29, 0.717) is 12.6 Å². The van der Waals surface area contributed by atoms with Crippen LogP contribution in [0.25, 0.3) is 0 Å². The first-order valence-corrected chi connectivity index (χ1v) is 8.66. The van der Waals surface area contributed by atoms with Gasteiger partial charge in [0.15, 0.2) is 0 Å². The molecule has 1 aliphatic carbocycles. The van der Waals surface area contributed by atoms with Gasteiger partial charge in [0.25, 0.3) is 0 Å². The molecule has 126 valence electrons.